The van der Waals surface area contributed by atoms with Crippen molar-refractivity contribution < 1.29 is 4.39 Å². The number of anilines is 1. The number of aryl methyl sites for hydroxylation is 2. The molecule has 0 bridgehead atoms. The molecule has 1 heterocycles. The Morgan fingerprint density at radius 3 is 2.70 bits per heavy atom. The lowest BCUT2D eigenvalue weighted by molar-refractivity contribution is 0.627. The van der Waals surface area contributed by atoms with E-state index in [0.29, 0.717) is 5.82 Å². The van der Waals surface area contributed by atoms with E-state index in [4.69, 9.17) is 0 Å². The summed E-state index contributed by atoms with van der Waals surface area (Å²) < 4.78 is 14.3. The minimum atomic E-state index is -0.278. The minimum Gasteiger partial charge on any atom is -0.372 e. The van der Waals surface area contributed by atoms with Gasteiger partial charge in [-0.1, -0.05) is 19.4 Å². The molecule has 1 aromatic carbocycles. The molecule has 106 valence electrons. The van der Waals surface area contributed by atoms with Crippen molar-refractivity contribution in [3.63, 3.8) is 0 Å². The van der Waals surface area contributed by atoms with E-state index >= 15 is 0 Å². The largest absolute Gasteiger partial charge is 0.372 e. The fraction of sp³-hybridized carbons (Fsp3) is 0.333. The van der Waals surface area contributed by atoms with E-state index in [9.17, 15) is 4.39 Å². The lowest BCUT2D eigenvalue weighted by Gasteiger charge is -2.12. The van der Waals surface area contributed by atoms with Crippen LogP contribution in [0.1, 0.15) is 24.6 Å². The minimum absolute atomic E-state index is 0.278. The Kier molecular flexibility index (Phi) is 4.70. The molecule has 0 aliphatic rings. The number of rotatable bonds is 4. The average molecular weight is 338 g/mol. The molecule has 0 fully saturated rings. The summed E-state index contributed by atoms with van der Waals surface area (Å²) in [5.74, 6) is 1.00. The van der Waals surface area contributed by atoms with Gasteiger partial charge in [0, 0.05) is 12.6 Å². The van der Waals surface area contributed by atoms with E-state index in [1.54, 1.807) is 6.07 Å². The Hall–Kier alpha value is -1.49. The fourth-order valence-electron chi connectivity index (χ4n) is 2.02. The van der Waals surface area contributed by atoms with Gasteiger partial charge in [0.15, 0.2) is 5.82 Å². The molecule has 0 spiro atoms. The first-order chi connectivity index (χ1) is 9.56. The Morgan fingerprint density at radius 1 is 1.30 bits per heavy atom. The lowest BCUT2D eigenvalue weighted by atomic mass is 10.1. The van der Waals surface area contributed by atoms with E-state index in [-0.39, 0.29) is 5.82 Å². The van der Waals surface area contributed by atoms with E-state index in [0.717, 1.165) is 40.0 Å². The predicted molar refractivity (Wildman–Crippen MR) is 83.4 cm³/mol. The normalized spacial score (nSPS) is 10.7. The molecule has 2 rings (SSSR count). The molecule has 0 unspecified atom stereocenters. The van der Waals surface area contributed by atoms with Crippen molar-refractivity contribution in [1.29, 1.82) is 0 Å². The van der Waals surface area contributed by atoms with Crippen molar-refractivity contribution in [2.24, 2.45) is 0 Å². The number of hydrogen-bond acceptors (Lipinski definition) is 3. The van der Waals surface area contributed by atoms with E-state index in [2.05, 4.69) is 38.1 Å². The highest BCUT2D eigenvalue weighted by Crippen LogP contribution is 2.29. The second-order valence-corrected chi connectivity index (χ2v) is 5.41. The van der Waals surface area contributed by atoms with Gasteiger partial charge < -0.3 is 5.32 Å². The average Bonchev–Trinajstić information content (AvgIpc) is 2.44. The third-order valence-corrected chi connectivity index (χ3v) is 3.92. The molecule has 0 amide bonds. The predicted octanol–water partition coefficient (Wildman–Crippen LogP) is 4.35. The quantitative estimate of drug-likeness (QED) is 0.901. The van der Waals surface area contributed by atoms with Gasteiger partial charge in [-0.05, 0) is 47.0 Å². The molecular formula is C15H17BrFN3. The van der Waals surface area contributed by atoms with Gasteiger partial charge in [0.25, 0.3) is 0 Å². The smallest absolute Gasteiger partial charge is 0.162 e. The number of hydrogen-bond donors (Lipinski definition) is 1. The van der Waals surface area contributed by atoms with Crippen LogP contribution < -0.4 is 5.32 Å². The van der Waals surface area contributed by atoms with Gasteiger partial charge in [-0.3, -0.25) is 0 Å². The summed E-state index contributed by atoms with van der Waals surface area (Å²) in [5, 5.41) is 3.05. The molecule has 0 saturated carbocycles. The van der Waals surface area contributed by atoms with Gasteiger partial charge >= 0.3 is 0 Å². The Balaban J connectivity index is 2.61. The van der Waals surface area contributed by atoms with Crippen LogP contribution in [0.5, 0.6) is 0 Å². The molecule has 2 aromatic rings. The SMILES string of the molecule is CCCc1nc(-c2cc(F)ccc2C)nc(NC)c1Br. The number of aromatic nitrogens is 2. The molecule has 3 nitrogen and oxygen atoms in total. The first-order valence-electron chi connectivity index (χ1n) is 6.57. The van der Waals surface area contributed by atoms with Crippen molar-refractivity contribution in [2.75, 3.05) is 12.4 Å². The van der Waals surface area contributed by atoms with Gasteiger partial charge in [-0.2, -0.15) is 0 Å². The zero-order chi connectivity index (χ0) is 14.7. The molecule has 0 aliphatic carbocycles. The summed E-state index contributed by atoms with van der Waals surface area (Å²) in [4.78, 5) is 9.05. The second-order valence-electron chi connectivity index (χ2n) is 4.62. The number of benzene rings is 1. The third kappa shape index (κ3) is 2.98. The van der Waals surface area contributed by atoms with E-state index in [1.165, 1.54) is 12.1 Å². The van der Waals surface area contributed by atoms with Gasteiger partial charge in [-0.15, -0.1) is 0 Å². The summed E-state index contributed by atoms with van der Waals surface area (Å²) in [6, 6.07) is 4.67. The Morgan fingerprint density at radius 2 is 2.05 bits per heavy atom. The Bertz CT molecular complexity index is 629. The molecule has 0 aliphatic heterocycles. The topological polar surface area (TPSA) is 37.8 Å². The number of halogens is 2. The maximum absolute atomic E-state index is 13.5. The van der Waals surface area contributed by atoms with Crippen LogP contribution in [0.4, 0.5) is 10.2 Å². The summed E-state index contributed by atoms with van der Waals surface area (Å²) in [5.41, 5.74) is 2.62. The number of nitrogens with zero attached hydrogens (tertiary/aromatic N) is 2. The molecule has 1 N–H and O–H groups in total. The molecule has 0 atom stereocenters. The molecule has 20 heavy (non-hydrogen) atoms. The van der Waals surface area contributed by atoms with Gasteiger partial charge in [0.2, 0.25) is 0 Å². The monoisotopic (exact) mass is 337 g/mol. The van der Waals surface area contributed by atoms with E-state index < -0.39 is 0 Å². The van der Waals surface area contributed by atoms with Crippen molar-refractivity contribution in [3.05, 3.63) is 39.7 Å². The summed E-state index contributed by atoms with van der Waals surface area (Å²) in [7, 11) is 1.81. The van der Waals surface area contributed by atoms with Crippen LogP contribution in [0.3, 0.4) is 0 Å². The maximum atomic E-state index is 13.5. The highest BCUT2D eigenvalue weighted by molar-refractivity contribution is 9.10. The van der Waals surface area contributed by atoms with E-state index in [1.807, 2.05) is 14.0 Å². The number of nitrogens with one attached hydrogen (secondary N) is 1. The first kappa shape index (κ1) is 14.9. The van der Waals surface area contributed by atoms with Crippen LogP contribution in [-0.2, 0) is 6.42 Å². The van der Waals surface area contributed by atoms with Crippen molar-refractivity contribution in [1.82, 2.24) is 9.97 Å². The Labute approximate surface area is 126 Å². The molecular weight excluding hydrogens is 321 g/mol. The molecule has 5 heteroatoms. The van der Waals surface area contributed by atoms with Crippen LogP contribution >= 0.6 is 15.9 Å². The van der Waals surface area contributed by atoms with Crippen LogP contribution in [0.15, 0.2) is 22.7 Å². The van der Waals surface area contributed by atoms with Crippen LogP contribution in [-0.4, -0.2) is 17.0 Å². The van der Waals surface area contributed by atoms with Gasteiger partial charge in [0.05, 0.1) is 10.2 Å². The standard InChI is InChI=1S/C15H17BrFN3/c1-4-5-12-13(16)15(18-3)20-14(19-12)11-8-10(17)7-6-9(11)2/h6-8H,4-5H2,1-3H3,(H,18,19,20). The van der Waals surface area contributed by atoms with Crippen LogP contribution in [0.2, 0.25) is 0 Å². The first-order valence-corrected chi connectivity index (χ1v) is 7.36. The summed E-state index contributed by atoms with van der Waals surface area (Å²) >= 11 is 3.52. The van der Waals surface area contributed by atoms with Crippen molar-refractivity contribution >= 4 is 21.7 Å². The highest BCUT2D eigenvalue weighted by atomic mass is 79.9. The zero-order valence-corrected chi connectivity index (χ0v) is 13.4. The van der Waals surface area contributed by atoms with Gasteiger partial charge in [-0.25, -0.2) is 14.4 Å². The van der Waals surface area contributed by atoms with Crippen LogP contribution in [0, 0.1) is 12.7 Å². The second kappa shape index (κ2) is 6.31. The van der Waals surface area contributed by atoms with Gasteiger partial charge in [0.1, 0.15) is 11.6 Å². The molecule has 0 radical (unpaired) electrons. The van der Waals surface area contributed by atoms with Crippen molar-refractivity contribution in [2.45, 2.75) is 26.7 Å². The molecule has 0 saturated heterocycles. The summed E-state index contributed by atoms with van der Waals surface area (Å²) in [6.07, 6.45) is 1.83. The summed E-state index contributed by atoms with van der Waals surface area (Å²) in [6.45, 7) is 4.03. The highest BCUT2D eigenvalue weighted by Gasteiger charge is 2.14. The third-order valence-electron chi connectivity index (χ3n) is 3.08. The molecule has 1 aromatic heterocycles. The van der Waals surface area contributed by atoms with Crippen LogP contribution in [0.25, 0.3) is 11.4 Å². The van der Waals surface area contributed by atoms with Crippen molar-refractivity contribution in [3.8, 4) is 11.4 Å². The zero-order valence-electron chi connectivity index (χ0n) is 11.8. The maximum Gasteiger partial charge on any atom is 0.162 e. The fourth-order valence-corrected chi connectivity index (χ4v) is 2.59. The lowest BCUT2D eigenvalue weighted by Crippen LogP contribution is -2.04.